The second-order valence-corrected chi connectivity index (χ2v) is 14.5. The molecule has 0 amide bonds. The fourth-order valence-corrected chi connectivity index (χ4v) is 7.12. The Balaban J connectivity index is 0.000000181. The zero-order chi connectivity index (χ0) is 42.3. The molecule has 2 heterocycles. The number of hydrogen-bond donors (Lipinski definition) is 1. The minimum atomic E-state index is -0.704. The molecule has 304 valence electrons. The summed E-state index contributed by atoms with van der Waals surface area (Å²) in [7, 11) is 0. The van der Waals surface area contributed by atoms with Crippen LogP contribution in [0, 0.1) is 23.3 Å². The molecule has 0 bridgehead atoms. The minimum absolute atomic E-state index is 0.0124. The Bertz CT molecular complexity index is 2580. The molecule has 2 unspecified atom stereocenters. The Hall–Kier alpha value is -6.36. The van der Waals surface area contributed by atoms with Crippen LogP contribution in [0.3, 0.4) is 0 Å². The van der Waals surface area contributed by atoms with Crippen LogP contribution >= 0.6 is 23.2 Å². The van der Waals surface area contributed by atoms with Crippen LogP contribution in [0.2, 0.25) is 10.0 Å². The van der Waals surface area contributed by atoms with Gasteiger partial charge in [0.15, 0.2) is 0 Å². The van der Waals surface area contributed by atoms with Crippen molar-refractivity contribution in [1.82, 2.24) is 0 Å². The largest absolute Gasteiger partial charge is 0.506 e. The second kappa shape index (κ2) is 18.7. The van der Waals surface area contributed by atoms with Crippen molar-refractivity contribution in [2.45, 2.75) is 18.5 Å². The first-order valence-corrected chi connectivity index (χ1v) is 19.5. The third kappa shape index (κ3) is 9.25. The summed E-state index contributed by atoms with van der Waals surface area (Å²) in [5.41, 5.74) is 5.66. The van der Waals surface area contributed by atoms with Crippen molar-refractivity contribution in [3.63, 3.8) is 0 Å². The van der Waals surface area contributed by atoms with Gasteiger partial charge < -0.3 is 19.3 Å². The number of aromatic hydroxyl groups is 1. The maximum Gasteiger partial charge on any atom is 0.222 e. The van der Waals surface area contributed by atoms with Crippen LogP contribution in [0.15, 0.2) is 151 Å². The summed E-state index contributed by atoms with van der Waals surface area (Å²) in [6, 6.07) is 31.1. The van der Waals surface area contributed by atoms with E-state index in [1.807, 2.05) is 72.8 Å². The summed E-state index contributed by atoms with van der Waals surface area (Å²) in [5, 5.41) is 10.9. The van der Waals surface area contributed by atoms with E-state index in [2.05, 4.69) is 23.1 Å². The molecule has 1 N–H and O–H groups in total. The number of aliphatic imine (C=N–C) groups is 2. The van der Waals surface area contributed by atoms with Gasteiger partial charge in [-0.3, -0.25) is 0 Å². The first kappa shape index (κ1) is 41.8. The predicted molar refractivity (Wildman–Crippen MR) is 228 cm³/mol. The summed E-state index contributed by atoms with van der Waals surface area (Å²) < 4.78 is 72.4. The van der Waals surface area contributed by atoms with Crippen LogP contribution in [0.5, 0.6) is 11.5 Å². The monoisotopic (exact) mass is 850 g/mol. The fourth-order valence-electron chi connectivity index (χ4n) is 6.64. The zero-order valence-electron chi connectivity index (χ0n) is 31.9. The second-order valence-electron chi connectivity index (χ2n) is 13.7. The standard InChI is InChI=1S/2C24H18ClF2NO2/c1-2-12-29-22-11-10-17(13-18(22)25)15-6-8-16(9-7-15)21-14-30-24(28-21)23-19(26)4-3-5-20(23)27;1-2-4-16-11-17(12-18(25)23(16)29)14-7-9-15(10-8-14)21-13-30-24(28-21)22-19(26)5-3-6-20(22)27/h2-11,13,21H,1,12,14H2;2-3,5-12,21,29H,1,4,13H2. The van der Waals surface area contributed by atoms with Gasteiger partial charge >= 0.3 is 0 Å². The molecule has 0 radical (unpaired) electrons. The van der Waals surface area contributed by atoms with E-state index >= 15 is 0 Å². The van der Waals surface area contributed by atoms with E-state index in [1.165, 1.54) is 36.4 Å². The van der Waals surface area contributed by atoms with Crippen LogP contribution in [-0.2, 0) is 15.9 Å². The number of rotatable bonds is 11. The molecule has 8 rings (SSSR count). The number of hydrogen-bond acceptors (Lipinski definition) is 6. The van der Waals surface area contributed by atoms with Gasteiger partial charge in [-0.15, -0.1) is 6.58 Å². The topological polar surface area (TPSA) is 72.6 Å². The van der Waals surface area contributed by atoms with Crippen LogP contribution in [0.1, 0.15) is 39.9 Å². The summed E-state index contributed by atoms with van der Waals surface area (Å²) in [6.45, 7) is 8.13. The average molecular weight is 852 g/mol. The Kier molecular flexibility index (Phi) is 13.0. The third-order valence-corrected chi connectivity index (χ3v) is 10.3. The molecule has 2 atom stereocenters. The number of ether oxygens (including phenoxy) is 3. The van der Waals surface area contributed by atoms with E-state index in [9.17, 15) is 22.7 Å². The lowest BCUT2D eigenvalue weighted by Gasteiger charge is -2.10. The van der Waals surface area contributed by atoms with E-state index in [0.717, 1.165) is 33.4 Å². The quantitative estimate of drug-likeness (QED) is 0.104. The molecule has 60 heavy (non-hydrogen) atoms. The predicted octanol–water partition coefficient (Wildman–Crippen LogP) is 12.6. The number of benzene rings is 6. The molecule has 0 spiro atoms. The van der Waals surface area contributed by atoms with Gasteiger partial charge in [-0.1, -0.05) is 109 Å². The van der Waals surface area contributed by atoms with Gasteiger partial charge in [0.2, 0.25) is 11.8 Å². The van der Waals surface area contributed by atoms with Gasteiger partial charge in [0.05, 0.1) is 10.0 Å². The maximum absolute atomic E-state index is 14.0. The molecular weight excluding hydrogens is 815 g/mol. The fraction of sp³-hybridized carbons (Fsp3) is 0.125. The number of nitrogens with zero attached hydrogens (tertiary/aromatic N) is 2. The lowest BCUT2D eigenvalue weighted by molar-refractivity contribution is 0.317. The highest BCUT2D eigenvalue weighted by molar-refractivity contribution is 6.32. The summed E-state index contributed by atoms with van der Waals surface area (Å²) in [5.74, 6) is -2.18. The highest BCUT2D eigenvalue weighted by Gasteiger charge is 2.27. The lowest BCUT2D eigenvalue weighted by Crippen LogP contribution is -2.07. The van der Waals surface area contributed by atoms with E-state index in [1.54, 1.807) is 18.2 Å². The van der Waals surface area contributed by atoms with Gasteiger partial charge in [0, 0.05) is 0 Å². The Labute approximate surface area is 354 Å². The summed E-state index contributed by atoms with van der Waals surface area (Å²) in [6.07, 6.45) is 3.86. The normalized spacial score (nSPS) is 15.5. The van der Waals surface area contributed by atoms with Crippen molar-refractivity contribution in [3.05, 3.63) is 202 Å². The Morgan fingerprint density at radius 3 is 1.55 bits per heavy atom. The van der Waals surface area contributed by atoms with Crippen LogP contribution in [0.25, 0.3) is 22.3 Å². The van der Waals surface area contributed by atoms with Crippen molar-refractivity contribution < 1.29 is 36.9 Å². The van der Waals surface area contributed by atoms with Gasteiger partial charge in [-0.2, -0.15) is 0 Å². The van der Waals surface area contributed by atoms with Crippen molar-refractivity contribution >= 4 is 35.0 Å². The van der Waals surface area contributed by atoms with Crippen LogP contribution in [-0.4, -0.2) is 36.7 Å². The van der Waals surface area contributed by atoms with Crippen molar-refractivity contribution in [2.75, 3.05) is 19.8 Å². The average Bonchev–Trinajstić information content (AvgIpc) is 3.94. The molecule has 6 aromatic carbocycles. The van der Waals surface area contributed by atoms with Gasteiger partial charge in [0.25, 0.3) is 0 Å². The molecule has 6 nitrogen and oxygen atoms in total. The summed E-state index contributed by atoms with van der Waals surface area (Å²) >= 11 is 12.5. The van der Waals surface area contributed by atoms with E-state index in [-0.39, 0.29) is 59.0 Å². The smallest absolute Gasteiger partial charge is 0.222 e. The van der Waals surface area contributed by atoms with Gasteiger partial charge in [-0.05, 0) is 93.9 Å². The zero-order valence-corrected chi connectivity index (χ0v) is 33.4. The van der Waals surface area contributed by atoms with E-state index in [0.29, 0.717) is 29.4 Å². The number of phenolic OH excluding ortho intramolecular Hbond substituents is 1. The molecule has 0 aromatic heterocycles. The summed E-state index contributed by atoms with van der Waals surface area (Å²) in [4.78, 5) is 8.74. The molecule has 0 saturated heterocycles. The van der Waals surface area contributed by atoms with Gasteiger partial charge in [0.1, 0.15) is 77.8 Å². The number of allylic oxidation sites excluding steroid dienone is 1. The Morgan fingerprint density at radius 1 is 0.617 bits per heavy atom. The molecule has 0 fully saturated rings. The first-order valence-electron chi connectivity index (χ1n) is 18.7. The van der Waals surface area contributed by atoms with Crippen molar-refractivity contribution in [3.8, 4) is 33.8 Å². The third-order valence-electron chi connectivity index (χ3n) is 9.71. The maximum atomic E-state index is 14.0. The molecule has 0 saturated carbocycles. The molecule has 0 aliphatic carbocycles. The molecular formula is C48H36Cl2F4N2O4. The van der Waals surface area contributed by atoms with Crippen molar-refractivity contribution in [1.29, 1.82) is 0 Å². The SMILES string of the molecule is C=CCOc1ccc(-c2ccc(C3COC(c4c(F)cccc4F)=N3)cc2)cc1Cl.C=CCc1cc(-c2ccc(C3COC(c4c(F)cccc4F)=N3)cc2)cc(Cl)c1O. The molecule has 2 aliphatic rings. The van der Waals surface area contributed by atoms with Crippen molar-refractivity contribution in [2.24, 2.45) is 9.98 Å². The first-order chi connectivity index (χ1) is 29.0. The van der Waals surface area contributed by atoms with Crippen LogP contribution < -0.4 is 4.74 Å². The molecule has 2 aliphatic heterocycles. The molecule has 12 heteroatoms. The van der Waals surface area contributed by atoms with E-state index in [4.69, 9.17) is 37.4 Å². The van der Waals surface area contributed by atoms with E-state index < -0.39 is 23.3 Å². The molecule has 6 aromatic rings. The van der Waals surface area contributed by atoms with Gasteiger partial charge in [-0.25, -0.2) is 27.5 Å². The number of halogens is 6. The lowest BCUT2D eigenvalue weighted by atomic mass is 9.98. The highest BCUT2D eigenvalue weighted by atomic mass is 35.5. The highest BCUT2D eigenvalue weighted by Crippen LogP contribution is 2.36. The Morgan fingerprint density at radius 2 is 1.08 bits per heavy atom. The minimum Gasteiger partial charge on any atom is -0.506 e. The number of phenols is 1. The van der Waals surface area contributed by atoms with Crippen LogP contribution in [0.4, 0.5) is 17.6 Å².